The van der Waals surface area contributed by atoms with Gasteiger partial charge in [0.05, 0.1) is 17.8 Å². The first kappa shape index (κ1) is 19.1. The predicted molar refractivity (Wildman–Crippen MR) is 103 cm³/mol. The van der Waals surface area contributed by atoms with Crippen molar-refractivity contribution in [2.24, 2.45) is 34.5 Å². The van der Waals surface area contributed by atoms with Crippen molar-refractivity contribution in [2.75, 3.05) is 6.61 Å². The van der Waals surface area contributed by atoms with E-state index in [0.29, 0.717) is 31.3 Å². The van der Waals surface area contributed by atoms with Gasteiger partial charge in [-0.3, -0.25) is 0 Å². The molecule has 5 nitrogen and oxygen atoms in total. The van der Waals surface area contributed by atoms with Gasteiger partial charge in [0, 0.05) is 11.5 Å². The van der Waals surface area contributed by atoms with Crippen LogP contribution in [0.25, 0.3) is 0 Å². The Labute approximate surface area is 167 Å². The molecule has 5 aliphatic rings. The summed E-state index contributed by atoms with van der Waals surface area (Å²) in [7, 11) is 0. The summed E-state index contributed by atoms with van der Waals surface area (Å²) in [6.45, 7) is 4.69. The smallest absolute Gasteiger partial charge is 0.331 e. The molecule has 0 unspecified atom stereocenters. The summed E-state index contributed by atoms with van der Waals surface area (Å²) in [6.07, 6.45) is 7.69. The first-order valence-corrected chi connectivity index (χ1v) is 11.2. The van der Waals surface area contributed by atoms with E-state index in [1.54, 1.807) is 6.08 Å². The van der Waals surface area contributed by atoms with Crippen molar-refractivity contribution in [2.45, 2.75) is 83.0 Å². The maximum absolute atomic E-state index is 12.1. The van der Waals surface area contributed by atoms with E-state index in [2.05, 4.69) is 6.92 Å². The molecule has 0 aromatic carbocycles. The third-order valence-corrected chi connectivity index (χ3v) is 10.0. The Morgan fingerprint density at radius 2 is 1.82 bits per heavy atom. The quantitative estimate of drug-likeness (QED) is 0.599. The van der Waals surface area contributed by atoms with Crippen LogP contribution in [0.3, 0.4) is 0 Å². The summed E-state index contributed by atoms with van der Waals surface area (Å²) in [4.78, 5) is 11.6. The Balaban J connectivity index is 1.51. The fourth-order valence-corrected chi connectivity index (χ4v) is 8.37. The molecule has 0 saturated heterocycles. The van der Waals surface area contributed by atoms with E-state index < -0.39 is 17.1 Å². The summed E-state index contributed by atoms with van der Waals surface area (Å²) in [5, 5.41) is 33.7. The molecule has 4 saturated carbocycles. The van der Waals surface area contributed by atoms with Gasteiger partial charge in [-0.05, 0) is 86.0 Å². The number of aliphatic hydroxyl groups excluding tert-OH is 2. The van der Waals surface area contributed by atoms with Crippen LogP contribution < -0.4 is 0 Å². The van der Waals surface area contributed by atoms with E-state index in [0.717, 1.165) is 44.1 Å². The Kier molecular flexibility index (Phi) is 4.12. The zero-order valence-corrected chi connectivity index (χ0v) is 17.1. The maximum atomic E-state index is 12.1. The van der Waals surface area contributed by atoms with Gasteiger partial charge in [0.1, 0.15) is 6.61 Å². The highest BCUT2D eigenvalue weighted by Gasteiger charge is 2.70. The molecule has 3 N–H and O–H groups in total. The van der Waals surface area contributed by atoms with Gasteiger partial charge in [0.2, 0.25) is 0 Å². The van der Waals surface area contributed by atoms with Gasteiger partial charge in [-0.2, -0.15) is 0 Å². The molecule has 4 fully saturated rings. The second-order valence-electron chi connectivity index (χ2n) is 10.8. The van der Waals surface area contributed by atoms with Gasteiger partial charge in [-0.25, -0.2) is 4.79 Å². The van der Waals surface area contributed by atoms with Crippen LogP contribution >= 0.6 is 0 Å². The zero-order valence-electron chi connectivity index (χ0n) is 17.1. The van der Waals surface area contributed by atoms with Gasteiger partial charge in [0.15, 0.2) is 0 Å². The highest BCUT2D eigenvalue weighted by molar-refractivity contribution is 5.85. The molecular weight excluding hydrogens is 356 g/mol. The highest BCUT2D eigenvalue weighted by atomic mass is 16.5. The predicted octanol–water partition coefficient (Wildman–Crippen LogP) is 2.58. The van der Waals surface area contributed by atoms with Crippen LogP contribution in [-0.4, -0.2) is 45.7 Å². The van der Waals surface area contributed by atoms with Gasteiger partial charge in [-0.1, -0.05) is 13.8 Å². The average Bonchev–Trinajstić information content (AvgIpc) is 3.19. The van der Waals surface area contributed by atoms with Crippen LogP contribution in [0.1, 0.15) is 65.2 Å². The number of carbonyl (C=O) groups is 1. The van der Waals surface area contributed by atoms with Crippen molar-refractivity contribution >= 4 is 5.97 Å². The first-order valence-electron chi connectivity index (χ1n) is 11.2. The molecule has 1 heterocycles. The lowest BCUT2D eigenvalue weighted by Crippen LogP contribution is -2.67. The van der Waals surface area contributed by atoms with Crippen LogP contribution in [0.4, 0.5) is 0 Å². The number of carbonyl (C=O) groups excluding carboxylic acids is 1. The second kappa shape index (κ2) is 6.05. The van der Waals surface area contributed by atoms with E-state index in [-0.39, 0.29) is 29.3 Å². The zero-order chi connectivity index (χ0) is 19.9. The summed E-state index contributed by atoms with van der Waals surface area (Å²) in [5.74, 6) is 0.657. The second-order valence-corrected chi connectivity index (χ2v) is 10.8. The highest BCUT2D eigenvalue weighted by Crippen LogP contribution is 2.69. The van der Waals surface area contributed by atoms with Gasteiger partial charge in [0.25, 0.3) is 0 Å². The monoisotopic (exact) mass is 390 g/mol. The van der Waals surface area contributed by atoms with E-state index in [9.17, 15) is 20.1 Å². The van der Waals surface area contributed by atoms with Crippen molar-refractivity contribution in [1.82, 2.24) is 0 Å². The minimum absolute atomic E-state index is 0.00129. The summed E-state index contributed by atoms with van der Waals surface area (Å²) in [6, 6.07) is 0. The molecule has 156 valence electrons. The largest absolute Gasteiger partial charge is 0.458 e. The molecule has 9 atom stereocenters. The molecule has 1 aliphatic heterocycles. The third kappa shape index (κ3) is 2.27. The van der Waals surface area contributed by atoms with Crippen molar-refractivity contribution in [3.05, 3.63) is 11.6 Å². The van der Waals surface area contributed by atoms with Crippen molar-refractivity contribution in [3.63, 3.8) is 0 Å². The number of aliphatic hydroxyl groups is 3. The Morgan fingerprint density at radius 3 is 2.54 bits per heavy atom. The SMILES string of the molecule is C[C@@]12CC[C@@H](O)C[C@@H]1CC[C@H]1[C@H]2C[C@H](O)[C@@]2(C)[C@H](C3=CC(=O)OC3)CC[C@@]12O. The van der Waals surface area contributed by atoms with Crippen molar-refractivity contribution < 1.29 is 24.9 Å². The van der Waals surface area contributed by atoms with E-state index in [1.165, 1.54) is 0 Å². The number of cyclic esters (lactones) is 1. The van der Waals surface area contributed by atoms with Crippen molar-refractivity contribution in [1.29, 1.82) is 0 Å². The number of hydrogen-bond acceptors (Lipinski definition) is 5. The molecule has 28 heavy (non-hydrogen) atoms. The number of rotatable bonds is 1. The fraction of sp³-hybridized carbons (Fsp3) is 0.870. The number of esters is 1. The topological polar surface area (TPSA) is 87.0 Å². The Morgan fingerprint density at radius 1 is 1.04 bits per heavy atom. The molecule has 0 aromatic rings. The van der Waals surface area contributed by atoms with Gasteiger partial charge >= 0.3 is 5.97 Å². The molecule has 0 radical (unpaired) electrons. The van der Waals surface area contributed by atoms with Crippen molar-refractivity contribution in [3.8, 4) is 0 Å². The summed E-state index contributed by atoms with van der Waals surface area (Å²) < 4.78 is 5.16. The lowest BCUT2D eigenvalue weighted by atomic mass is 9.42. The summed E-state index contributed by atoms with van der Waals surface area (Å²) >= 11 is 0. The number of hydrogen-bond donors (Lipinski definition) is 3. The standard InChI is InChI=1S/C23H34O5/c1-21-7-5-15(24)10-14(21)3-4-17-18(21)11-19(25)22(2)16(6-8-23(17,22)27)13-9-20(26)28-12-13/h9,14-19,24-25,27H,3-8,10-12H2,1-2H3/t14-,15+,16-,17-,18+,19-,21+,22+,23+/m0/s1. The fourth-order valence-electron chi connectivity index (χ4n) is 8.37. The minimum Gasteiger partial charge on any atom is -0.458 e. The van der Waals surface area contributed by atoms with Gasteiger partial charge < -0.3 is 20.1 Å². The number of fused-ring (bicyclic) bond motifs is 5. The van der Waals surface area contributed by atoms with Crippen LogP contribution in [0.15, 0.2) is 11.6 Å². The molecule has 0 amide bonds. The van der Waals surface area contributed by atoms with E-state index in [1.807, 2.05) is 6.92 Å². The molecule has 0 aromatic heterocycles. The first-order chi connectivity index (χ1) is 13.2. The molecule has 4 aliphatic carbocycles. The molecule has 5 heteroatoms. The third-order valence-electron chi connectivity index (χ3n) is 10.0. The van der Waals surface area contributed by atoms with Crippen LogP contribution in [-0.2, 0) is 9.53 Å². The van der Waals surface area contributed by atoms with E-state index in [4.69, 9.17) is 4.74 Å². The molecular formula is C23H34O5. The van der Waals surface area contributed by atoms with E-state index >= 15 is 0 Å². The lowest BCUT2D eigenvalue weighted by Gasteiger charge is -2.64. The lowest BCUT2D eigenvalue weighted by molar-refractivity contribution is -0.244. The van der Waals surface area contributed by atoms with Crippen LogP contribution in [0.2, 0.25) is 0 Å². The minimum atomic E-state index is -0.906. The molecule has 0 bridgehead atoms. The van der Waals surface area contributed by atoms with Gasteiger partial charge in [-0.15, -0.1) is 0 Å². The van der Waals surface area contributed by atoms with Crippen LogP contribution in [0.5, 0.6) is 0 Å². The normalized spacial score (nSPS) is 55.8. The number of ether oxygens (including phenoxy) is 1. The Hall–Kier alpha value is -0.910. The summed E-state index contributed by atoms with van der Waals surface area (Å²) in [5.41, 5.74) is -0.507. The van der Waals surface area contributed by atoms with Crippen LogP contribution in [0, 0.1) is 34.5 Å². The average molecular weight is 391 g/mol. The maximum Gasteiger partial charge on any atom is 0.331 e. The Bertz CT molecular complexity index is 718. The molecule has 5 rings (SSSR count). The molecule has 0 spiro atoms.